The number of anilines is 2. The molecule has 3 heterocycles. The Bertz CT molecular complexity index is 1380. The van der Waals surface area contributed by atoms with Gasteiger partial charge in [-0.25, -0.2) is 0 Å². The Kier molecular flexibility index (Phi) is 4.28. The van der Waals surface area contributed by atoms with Crippen molar-refractivity contribution in [2.45, 2.75) is 6.42 Å². The molecule has 0 radical (unpaired) electrons. The zero-order chi connectivity index (χ0) is 21.7. The largest absolute Gasteiger partial charge is 0.486 e. The molecule has 0 aliphatic carbocycles. The zero-order valence-electron chi connectivity index (χ0n) is 17.2. The highest BCUT2D eigenvalue weighted by Gasteiger charge is 2.35. The van der Waals surface area contributed by atoms with Crippen molar-refractivity contribution in [2.24, 2.45) is 5.92 Å². The van der Waals surface area contributed by atoms with E-state index in [4.69, 9.17) is 13.9 Å². The second-order valence-corrected chi connectivity index (χ2v) is 8.03. The Balaban J connectivity index is 1.21. The zero-order valence-corrected chi connectivity index (χ0v) is 17.2. The van der Waals surface area contributed by atoms with Crippen molar-refractivity contribution in [3.8, 4) is 11.5 Å². The smallest absolute Gasteiger partial charge is 0.229 e. The molecule has 1 aromatic heterocycles. The molecule has 4 aromatic rings. The van der Waals surface area contributed by atoms with E-state index in [-0.39, 0.29) is 18.2 Å². The molecule has 2 amide bonds. The summed E-state index contributed by atoms with van der Waals surface area (Å²) in [6, 6.07) is 18.8. The van der Waals surface area contributed by atoms with Crippen molar-refractivity contribution >= 4 is 45.1 Å². The number of hydrogen-bond acceptors (Lipinski definition) is 5. The molecular formula is C25H20N2O5. The van der Waals surface area contributed by atoms with E-state index >= 15 is 0 Å². The number of amides is 2. The van der Waals surface area contributed by atoms with E-state index in [1.54, 1.807) is 17.0 Å². The molecule has 6 rings (SSSR count). The third-order valence-electron chi connectivity index (χ3n) is 5.98. The standard InChI is InChI=1S/C25H20N2O5/c28-24-11-15(14-27(24)17-6-8-22-23(13-17)31-10-9-30-22)25(29)26-16-5-7-21-19(12-16)18-3-1-2-4-20(18)32-21/h1-8,12-13,15H,9-11,14H2,(H,26,29). The third kappa shape index (κ3) is 3.13. The minimum Gasteiger partial charge on any atom is -0.486 e. The summed E-state index contributed by atoms with van der Waals surface area (Å²) in [5, 5.41) is 4.91. The molecule has 2 aliphatic rings. The number of furan rings is 1. The second-order valence-electron chi connectivity index (χ2n) is 8.03. The molecule has 0 saturated carbocycles. The van der Waals surface area contributed by atoms with Crippen LogP contribution < -0.4 is 19.7 Å². The Hall–Kier alpha value is -4.00. The van der Waals surface area contributed by atoms with E-state index in [9.17, 15) is 9.59 Å². The highest BCUT2D eigenvalue weighted by Crippen LogP contribution is 2.36. The molecule has 1 N–H and O–H groups in total. The van der Waals surface area contributed by atoms with Crippen LogP contribution in [0.2, 0.25) is 0 Å². The van der Waals surface area contributed by atoms with Crippen LogP contribution in [-0.4, -0.2) is 31.6 Å². The molecular weight excluding hydrogens is 408 g/mol. The molecule has 1 fully saturated rings. The Morgan fingerprint density at radius 2 is 1.72 bits per heavy atom. The van der Waals surface area contributed by atoms with E-state index in [0.717, 1.165) is 21.9 Å². The molecule has 1 saturated heterocycles. The first-order valence-electron chi connectivity index (χ1n) is 10.6. The van der Waals surface area contributed by atoms with Gasteiger partial charge in [-0.3, -0.25) is 9.59 Å². The minimum absolute atomic E-state index is 0.0851. The minimum atomic E-state index is -0.438. The highest BCUT2D eigenvalue weighted by atomic mass is 16.6. The second kappa shape index (κ2) is 7.30. The molecule has 160 valence electrons. The van der Waals surface area contributed by atoms with Crippen LogP contribution in [0.15, 0.2) is 65.1 Å². The summed E-state index contributed by atoms with van der Waals surface area (Å²) in [6.45, 7) is 1.31. The fraction of sp³-hybridized carbons (Fsp3) is 0.200. The maximum Gasteiger partial charge on any atom is 0.229 e. The summed E-state index contributed by atoms with van der Waals surface area (Å²) < 4.78 is 17.0. The van der Waals surface area contributed by atoms with Crippen molar-refractivity contribution in [3.05, 3.63) is 60.7 Å². The van der Waals surface area contributed by atoms with Gasteiger partial charge in [0.2, 0.25) is 11.8 Å². The average molecular weight is 428 g/mol. The van der Waals surface area contributed by atoms with Crippen molar-refractivity contribution in [3.63, 3.8) is 0 Å². The normalized spacial score (nSPS) is 17.8. The van der Waals surface area contributed by atoms with Crippen LogP contribution in [0.5, 0.6) is 11.5 Å². The lowest BCUT2D eigenvalue weighted by Crippen LogP contribution is -2.28. The summed E-state index contributed by atoms with van der Waals surface area (Å²) in [7, 11) is 0. The van der Waals surface area contributed by atoms with E-state index < -0.39 is 5.92 Å². The summed E-state index contributed by atoms with van der Waals surface area (Å²) in [5.41, 5.74) is 2.97. The number of nitrogens with one attached hydrogen (secondary N) is 1. The van der Waals surface area contributed by atoms with Gasteiger partial charge >= 0.3 is 0 Å². The average Bonchev–Trinajstić information content (AvgIpc) is 3.39. The van der Waals surface area contributed by atoms with Gasteiger partial charge in [-0.15, -0.1) is 0 Å². The number of carbonyl (C=O) groups is 2. The predicted molar refractivity (Wildman–Crippen MR) is 120 cm³/mol. The Labute approximate surface area is 183 Å². The lowest BCUT2D eigenvalue weighted by Gasteiger charge is -2.22. The van der Waals surface area contributed by atoms with Gasteiger partial charge in [-0.1, -0.05) is 18.2 Å². The topological polar surface area (TPSA) is 81.0 Å². The first-order valence-corrected chi connectivity index (χ1v) is 10.6. The van der Waals surface area contributed by atoms with E-state index in [1.165, 1.54) is 0 Å². The number of ether oxygens (including phenoxy) is 2. The number of para-hydroxylation sites is 1. The van der Waals surface area contributed by atoms with Gasteiger partial charge in [0.25, 0.3) is 0 Å². The van der Waals surface area contributed by atoms with Gasteiger partial charge in [-0.2, -0.15) is 0 Å². The van der Waals surface area contributed by atoms with Gasteiger partial charge < -0.3 is 24.1 Å². The van der Waals surface area contributed by atoms with Gasteiger partial charge in [0.1, 0.15) is 24.4 Å². The van der Waals surface area contributed by atoms with E-state index in [0.29, 0.717) is 42.6 Å². The molecule has 2 aliphatic heterocycles. The molecule has 0 bridgehead atoms. The van der Waals surface area contributed by atoms with Crippen molar-refractivity contribution < 1.29 is 23.5 Å². The molecule has 7 nitrogen and oxygen atoms in total. The monoisotopic (exact) mass is 428 g/mol. The van der Waals surface area contributed by atoms with Gasteiger partial charge in [0.15, 0.2) is 11.5 Å². The summed E-state index contributed by atoms with van der Waals surface area (Å²) >= 11 is 0. The van der Waals surface area contributed by atoms with Crippen LogP contribution >= 0.6 is 0 Å². The number of fused-ring (bicyclic) bond motifs is 4. The summed E-state index contributed by atoms with van der Waals surface area (Å²) in [4.78, 5) is 27.2. The quantitative estimate of drug-likeness (QED) is 0.525. The lowest BCUT2D eigenvalue weighted by molar-refractivity contribution is -0.122. The Morgan fingerprint density at radius 3 is 2.62 bits per heavy atom. The fourth-order valence-corrected chi connectivity index (χ4v) is 4.38. The van der Waals surface area contributed by atoms with E-state index in [1.807, 2.05) is 48.5 Å². The molecule has 1 unspecified atom stereocenters. The summed E-state index contributed by atoms with van der Waals surface area (Å²) in [5.74, 6) is 0.592. The highest BCUT2D eigenvalue weighted by molar-refractivity contribution is 6.08. The molecule has 0 spiro atoms. The number of carbonyl (C=O) groups excluding carboxylic acids is 2. The van der Waals surface area contributed by atoms with Gasteiger partial charge in [0, 0.05) is 41.2 Å². The summed E-state index contributed by atoms with van der Waals surface area (Å²) in [6.07, 6.45) is 0.164. The third-order valence-corrected chi connectivity index (χ3v) is 5.98. The van der Waals surface area contributed by atoms with Crippen LogP contribution in [0.1, 0.15) is 6.42 Å². The van der Waals surface area contributed by atoms with Gasteiger partial charge in [-0.05, 0) is 36.4 Å². The first-order chi connectivity index (χ1) is 15.7. The molecule has 7 heteroatoms. The molecule has 3 aromatic carbocycles. The van der Waals surface area contributed by atoms with Crippen LogP contribution in [0, 0.1) is 5.92 Å². The SMILES string of the molecule is O=C(Nc1ccc2oc3ccccc3c2c1)C1CC(=O)N(c2ccc3c(c2)OCCO3)C1. The van der Waals surface area contributed by atoms with Crippen LogP contribution in [-0.2, 0) is 9.59 Å². The number of rotatable bonds is 3. The lowest BCUT2D eigenvalue weighted by atomic mass is 10.1. The maximum atomic E-state index is 12.9. The van der Waals surface area contributed by atoms with Crippen LogP contribution in [0.3, 0.4) is 0 Å². The van der Waals surface area contributed by atoms with Crippen molar-refractivity contribution in [1.82, 2.24) is 0 Å². The fourth-order valence-electron chi connectivity index (χ4n) is 4.38. The molecule has 32 heavy (non-hydrogen) atoms. The predicted octanol–water partition coefficient (Wildman–Crippen LogP) is 4.35. The first kappa shape index (κ1) is 18.7. The Morgan fingerprint density at radius 1 is 0.906 bits per heavy atom. The number of nitrogens with zero attached hydrogens (tertiary/aromatic N) is 1. The van der Waals surface area contributed by atoms with Crippen molar-refractivity contribution in [1.29, 1.82) is 0 Å². The van der Waals surface area contributed by atoms with Crippen molar-refractivity contribution in [2.75, 3.05) is 30.0 Å². The van der Waals surface area contributed by atoms with Crippen LogP contribution in [0.4, 0.5) is 11.4 Å². The van der Waals surface area contributed by atoms with E-state index in [2.05, 4.69) is 5.32 Å². The maximum absolute atomic E-state index is 12.9. The van der Waals surface area contributed by atoms with Crippen LogP contribution in [0.25, 0.3) is 21.9 Å². The van der Waals surface area contributed by atoms with Gasteiger partial charge in [0.05, 0.1) is 5.92 Å². The molecule has 1 atom stereocenters. The number of benzene rings is 3. The number of hydrogen-bond donors (Lipinski definition) is 1.